The minimum Gasteiger partial charge on any atom is -0.493 e. The molecule has 6 nitrogen and oxygen atoms in total. The first-order chi connectivity index (χ1) is 13.0. The van der Waals surface area contributed by atoms with Crippen LogP contribution < -0.4 is 14.2 Å². The van der Waals surface area contributed by atoms with Crippen molar-refractivity contribution >= 4 is 11.8 Å². The van der Waals surface area contributed by atoms with Gasteiger partial charge in [0.15, 0.2) is 11.5 Å². The Kier molecular flexibility index (Phi) is 5.85. The van der Waals surface area contributed by atoms with Gasteiger partial charge in [-0.1, -0.05) is 23.9 Å². The summed E-state index contributed by atoms with van der Waals surface area (Å²) in [6, 6.07) is 9.83. The number of nitrogens with zero attached hydrogens (tertiary/aromatic N) is 2. The Balaban J connectivity index is 1.84. The van der Waals surface area contributed by atoms with Gasteiger partial charge in [0.05, 0.1) is 21.3 Å². The van der Waals surface area contributed by atoms with E-state index < -0.39 is 0 Å². The number of hydrogen-bond donors (Lipinski definition) is 0. The molecule has 142 valence electrons. The van der Waals surface area contributed by atoms with Crippen molar-refractivity contribution in [1.29, 1.82) is 0 Å². The second-order valence-corrected chi connectivity index (χ2v) is 6.89. The third-order valence-electron chi connectivity index (χ3n) is 3.94. The summed E-state index contributed by atoms with van der Waals surface area (Å²) in [5.41, 5.74) is 1.62. The zero-order valence-electron chi connectivity index (χ0n) is 15.4. The zero-order valence-corrected chi connectivity index (χ0v) is 16.2. The van der Waals surface area contributed by atoms with E-state index >= 15 is 0 Å². The van der Waals surface area contributed by atoms with Gasteiger partial charge < -0.3 is 18.6 Å². The summed E-state index contributed by atoms with van der Waals surface area (Å²) in [4.78, 5) is 0. The maximum atomic E-state index is 13.1. The molecule has 0 unspecified atom stereocenters. The Labute approximate surface area is 160 Å². The largest absolute Gasteiger partial charge is 0.493 e. The van der Waals surface area contributed by atoms with Crippen LogP contribution in [0.4, 0.5) is 4.39 Å². The molecular formula is C19H19FN2O4S. The summed E-state index contributed by atoms with van der Waals surface area (Å²) < 4.78 is 34.9. The van der Waals surface area contributed by atoms with Gasteiger partial charge in [0.2, 0.25) is 11.6 Å². The fourth-order valence-corrected chi connectivity index (χ4v) is 3.34. The van der Waals surface area contributed by atoms with Gasteiger partial charge in [-0.3, -0.25) is 0 Å². The SMILES string of the molecule is COc1cc(-c2nnc(S[C@@H](C)c3ccc(F)cc3)o2)cc(OC)c1OC. The van der Waals surface area contributed by atoms with Crippen molar-refractivity contribution in [2.24, 2.45) is 0 Å². The van der Waals surface area contributed by atoms with Gasteiger partial charge in [-0.15, -0.1) is 10.2 Å². The lowest BCUT2D eigenvalue weighted by molar-refractivity contribution is 0.324. The van der Waals surface area contributed by atoms with Crippen molar-refractivity contribution in [3.8, 4) is 28.7 Å². The lowest BCUT2D eigenvalue weighted by Gasteiger charge is -2.12. The van der Waals surface area contributed by atoms with Gasteiger partial charge in [-0.2, -0.15) is 0 Å². The van der Waals surface area contributed by atoms with Crippen LogP contribution in [0.2, 0.25) is 0 Å². The van der Waals surface area contributed by atoms with Crippen molar-refractivity contribution < 1.29 is 23.0 Å². The third-order valence-corrected chi connectivity index (χ3v) is 4.93. The molecule has 0 amide bonds. The first-order valence-electron chi connectivity index (χ1n) is 8.11. The van der Waals surface area contributed by atoms with Crippen molar-refractivity contribution in [1.82, 2.24) is 10.2 Å². The highest BCUT2D eigenvalue weighted by Gasteiger charge is 2.19. The molecule has 1 heterocycles. The maximum absolute atomic E-state index is 13.1. The highest BCUT2D eigenvalue weighted by molar-refractivity contribution is 7.99. The van der Waals surface area contributed by atoms with Crippen LogP contribution in [0.5, 0.6) is 17.2 Å². The lowest BCUT2D eigenvalue weighted by atomic mass is 10.2. The molecular weight excluding hydrogens is 371 g/mol. The van der Waals surface area contributed by atoms with Gasteiger partial charge in [0, 0.05) is 10.8 Å². The van der Waals surface area contributed by atoms with Crippen LogP contribution in [-0.4, -0.2) is 31.5 Å². The molecule has 1 atom stereocenters. The van der Waals surface area contributed by atoms with E-state index in [-0.39, 0.29) is 11.1 Å². The van der Waals surface area contributed by atoms with Gasteiger partial charge in [0.25, 0.3) is 5.22 Å². The fraction of sp³-hybridized carbons (Fsp3) is 0.263. The van der Waals surface area contributed by atoms with Gasteiger partial charge in [0.1, 0.15) is 5.82 Å². The molecule has 0 fully saturated rings. The molecule has 0 N–H and O–H groups in total. The van der Waals surface area contributed by atoms with Crippen LogP contribution in [0.25, 0.3) is 11.5 Å². The van der Waals surface area contributed by atoms with Crippen molar-refractivity contribution in [3.63, 3.8) is 0 Å². The van der Waals surface area contributed by atoms with Crippen LogP contribution in [0.1, 0.15) is 17.7 Å². The smallest absolute Gasteiger partial charge is 0.277 e. The fourth-order valence-electron chi connectivity index (χ4n) is 2.53. The second kappa shape index (κ2) is 8.30. The van der Waals surface area contributed by atoms with E-state index in [1.807, 2.05) is 6.92 Å². The summed E-state index contributed by atoms with van der Waals surface area (Å²) in [5.74, 6) is 1.56. The Morgan fingerprint density at radius 2 is 1.59 bits per heavy atom. The minimum atomic E-state index is -0.265. The van der Waals surface area contributed by atoms with Crippen LogP contribution in [0.3, 0.4) is 0 Å². The highest BCUT2D eigenvalue weighted by Crippen LogP contribution is 2.42. The van der Waals surface area contributed by atoms with Crippen molar-refractivity contribution in [2.75, 3.05) is 21.3 Å². The quantitative estimate of drug-likeness (QED) is 0.539. The summed E-state index contributed by atoms with van der Waals surface area (Å²) in [5, 5.41) is 8.63. The van der Waals surface area contributed by atoms with Crippen molar-refractivity contribution in [3.05, 3.63) is 47.8 Å². The molecule has 0 bridgehead atoms. The van der Waals surface area contributed by atoms with E-state index in [2.05, 4.69) is 10.2 Å². The maximum Gasteiger partial charge on any atom is 0.277 e. The van der Waals surface area contributed by atoms with Crippen LogP contribution in [-0.2, 0) is 0 Å². The molecule has 0 saturated carbocycles. The number of benzene rings is 2. The predicted molar refractivity (Wildman–Crippen MR) is 100 cm³/mol. The number of ether oxygens (including phenoxy) is 3. The van der Waals surface area contributed by atoms with Crippen LogP contribution in [0.15, 0.2) is 46.0 Å². The molecule has 0 aliphatic heterocycles. The van der Waals surface area contributed by atoms with Gasteiger partial charge >= 0.3 is 0 Å². The minimum absolute atomic E-state index is 0.0267. The molecule has 0 aliphatic carbocycles. The molecule has 0 spiro atoms. The van der Waals surface area contributed by atoms with E-state index in [1.165, 1.54) is 23.9 Å². The monoisotopic (exact) mass is 390 g/mol. The Morgan fingerprint density at radius 1 is 0.963 bits per heavy atom. The van der Waals surface area contributed by atoms with Gasteiger partial charge in [-0.05, 0) is 36.8 Å². The van der Waals surface area contributed by atoms with E-state index in [4.69, 9.17) is 18.6 Å². The first-order valence-corrected chi connectivity index (χ1v) is 8.99. The first kappa shape index (κ1) is 19.0. The summed E-state index contributed by atoms with van der Waals surface area (Å²) in [7, 11) is 4.62. The molecule has 0 aliphatic rings. The van der Waals surface area contributed by atoms with Crippen LogP contribution >= 0.6 is 11.8 Å². The zero-order chi connectivity index (χ0) is 19.4. The standard InChI is InChI=1S/C19H19FN2O4S/c1-11(12-5-7-14(20)8-6-12)27-19-22-21-18(26-19)13-9-15(23-2)17(25-4)16(10-13)24-3/h5-11H,1-4H3/t11-/m0/s1. The predicted octanol–water partition coefficient (Wildman–Crippen LogP) is 4.75. The average molecular weight is 390 g/mol. The summed E-state index contributed by atoms with van der Waals surface area (Å²) in [6.45, 7) is 1.99. The van der Waals surface area contributed by atoms with E-state index in [1.54, 1.807) is 45.6 Å². The molecule has 27 heavy (non-hydrogen) atoms. The Morgan fingerprint density at radius 3 is 2.15 bits per heavy atom. The van der Waals surface area contributed by atoms with Crippen molar-refractivity contribution in [2.45, 2.75) is 17.4 Å². The number of hydrogen-bond acceptors (Lipinski definition) is 7. The number of thioether (sulfide) groups is 1. The summed E-state index contributed by atoms with van der Waals surface area (Å²) in [6.07, 6.45) is 0. The summed E-state index contributed by atoms with van der Waals surface area (Å²) >= 11 is 1.40. The molecule has 2 aromatic carbocycles. The Bertz CT molecular complexity index is 889. The lowest BCUT2D eigenvalue weighted by Crippen LogP contribution is -1.95. The normalized spacial score (nSPS) is 11.9. The highest BCUT2D eigenvalue weighted by atomic mass is 32.2. The molecule has 3 aromatic rings. The van der Waals surface area contributed by atoms with E-state index in [9.17, 15) is 4.39 Å². The van der Waals surface area contributed by atoms with Gasteiger partial charge in [-0.25, -0.2) is 4.39 Å². The van der Waals surface area contributed by atoms with E-state index in [0.29, 0.717) is 33.9 Å². The molecule has 8 heteroatoms. The third kappa shape index (κ3) is 4.16. The average Bonchev–Trinajstić information content (AvgIpc) is 3.15. The number of methoxy groups -OCH3 is 3. The number of rotatable bonds is 7. The van der Waals surface area contributed by atoms with E-state index in [0.717, 1.165) is 5.56 Å². The number of aromatic nitrogens is 2. The molecule has 1 aromatic heterocycles. The topological polar surface area (TPSA) is 66.6 Å². The Hall–Kier alpha value is -2.74. The number of halogens is 1. The molecule has 0 radical (unpaired) electrons. The van der Waals surface area contributed by atoms with Crippen LogP contribution in [0, 0.1) is 5.82 Å². The second-order valence-electron chi connectivity index (χ2n) is 5.60. The molecule has 0 saturated heterocycles. The molecule has 3 rings (SSSR count).